The number of hydrogen-bond donors (Lipinski definition) is 2. The normalized spacial score (nSPS) is 19.2. The Morgan fingerprint density at radius 1 is 1.08 bits per heavy atom. The van der Waals surface area contributed by atoms with E-state index in [9.17, 15) is 18.0 Å². The summed E-state index contributed by atoms with van der Waals surface area (Å²) in [5, 5.41) is 14.7. The predicted molar refractivity (Wildman–Crippen MR) is 180 cm³/mol. The highest BCUT2D eigenvalue weighted by Crippen LogP contribution is 2.42. The zero-order chi connectivity index (χ0) is 34.0. The van der Waals surface area contributed by atoms with Gasteiger partial charge in [-0.3, -0.25) is 10.1 Å². The Labute approximate surface area is 287 Å². The summed E-state index contributed by atoms with van der Waals surface area (Å²) in [5.41, 5.74) is 3.17. The molecule has 2 fully saturated rings. The zero-order valence-electron chi connectivity index (χ0n) is 26.1. The molecule has 2 amide bonds. The Balaban J connectivity index is 1.27. The average molecular weight is 715 g/mol. The number of carbonyl (C=O) groups is 2. The number of likely N-dealkylation sites (tertiary alicyclic amines) is 1. The summed E-state index contributed by atoms with van der Waals surface area (Å²) in [6.45, 7) is 1.36. The van der Waals surface area contributed by atoms with Gasteiger partial charge in [0.05, 0.1) is 30.8 Å². The lowest BCUT2D eigenvalue weighted by Crippen LogP contribution is -2.40. The fourth-order valence-electron chi connectivity index (χ4n) is 6.40. The molecule has 2 atom stereocenters. The van der Waals surface area contributed by atoms with E-state index in [1.165, 1.54) is 34.8 Å². The zero-order valence-corrected chi connectivity index (χ0v) is 28.4. The van der Waals surface area contributed by atoms with Gasteiger partial charge in [-0.1, -0.05) is 35.3 Å². The van der Waals surface area contributed by atoms with Crippen LogP contribution in [0.5, 0.6) is 0 Å². The van der Waals surface area contributed by atoms with Crippen LogP contribution >= 0.6 is 23.2 Å². The van der Waals surface area contributed by atoms with Crippen molar-refractivity contribution in [3.63, 3.8) is 0 Å². The van der Waals surface area contributed by atoms with Crippen LogP contribution in [0.1, 0.15) is 36.7 Å². The predicted octanol–water partition coefficient (Wildman–Crippen LogP) is 4.81. The van der Waals surface area contributed by atoms with Crippen molar-refractivity contribution in [1.82, 2.24) is 39.4 Å². The van der Waals surface area contributed by atoms with Gasteiger partial charge in [-0.15, -0.1) is 5.10 Å². The lowest BCUT2D eigenvalue weighted by molar-refractivity contribution is -0.127. The number of piperidine rings is 1. The summed E-state index contributed by atoms with van der Waals surface area (Å²) in [5.74, 6) is 0.659. The maximum Gasteiger partial charge on any atom is 0.411 e. The van der Waals surface area contributed by atoms with Crippen molar-refractivity contribution in [3.05, 3.63) is 76.4 Å². The van der Waals surface area contributed by atoms with E-state index in [0.717, 1.165) is 5.56 Å². The molecule has 2 aliphatic rings. The highest BCUT2D eigenvalue weighted by molar-refractivity contribution is 7.88. The molecule has 0 radical (unpaired) electrons. The van der Waals surface area contributed by atoms with Crippen molar-refractivity contribution in [2.45, 2.75) is 25.3 Å². The first-order chi connectivity index (χ1) is 23.0. The molecule has 0 saturated carbocycles. The number of aromatic amines is 1. The topological polar surface area (TPSA) is 168 Å². The number of anilines is 1. The first-order valence-electron chi connectivity index (χ1n) is 15.2. The van der Waals surface area contributed by atoms with Gasteiger partial charge >= 0.3 is 6.09 Å². The Morgan fingerprint density at radius 2 is 1.83 bits per heavy atom. The number of rotatable bonds is 8. The first kappa shape index (κ1) is 33.6. The smallest absolute Gasteiger partial charge is 0.411 e. The van der Waals surface area contributed by atoms with Crippen molar-refractivity contribution in [2.75, 3.05) is 38.3 Å². The lowest BCUT2D eigenvalue weighted by atomic mass is 9.83. The summed E-state index contributed by atoms with van der Waals surface area (Å²) >= 11 is 12.9. The van der Waals surface area contributed by atoms with E-state index in [4.69, 9.17) is 23.2 Å². The molecule has 2 aromatic heterocycles. The number of halogens is 2. The van der Waals surface area contributed by atoms with Gasteiger partial charge in [-0.2, -0.15) is 4.68 Å². The van der Waals surface area contributed by atoms with Crippen molar-refractivity contribution >= 4 is 57.0 Å². The second-order valence-corrected chi connectivity index (χ2v) is 14.6. The Hall–Kier alpha value is -4.31. The first-order valence-corrected chi connectivity index (χ1v) is 17.8. The number of sulfonamides is 1. The number of ether oxygens (including phenoxy) is 1. The number of nitrogens with zero attached hydrogens (tertiary/aromatic N) is 7. The highest BCUT2D eigenvalue weighted by atomic mass is 35.5. The molecule has 48 heavy (non-hydrogen) atoms. The number of tetrazole rings is 1. The number of benzene rings is 2. The monoisotopic (exact) mass is 713 g/mol. The van der Waals surface area contributed by atoms with Crippen LogP contribution in [0.3, 0.4) is 0 Å². The fraction of sp³-hybridized carbons (Fsp3) is 0.355. The summed E-state index contributed by atoms with van der Waals surface area (Å²) in [4.78, 5) is 35.3. The van der Waals surface area contributed by atoms with Gasteiger partial charge in [0.2, 0.25) is 15.9 Å². The van der Waals surface area contributed by atoms with Crippen LogP contribution in [0.25, 0.3) is 23.0 Å². The number of nitrogens with one attached hydrogen (secondary N) is 2. The van der Waals surface area contributed by atoms with Gasteiger partial charge in [0.1, 0.15) is 12.2 Å². The van der Waals surface area contributed by atoms with Crippen molar-refractivity contribution in [3.8, 4) is 16.9 Å². The van der Waals surface area contributed by atoms with E-state index in [0.29, 0.717) is 72.4 Å². The molecule has 14 nitrogen and oxygen atoms in total. The number of aromatic nitrogens is 6. The van der Waals surface area contributed by atoms with E-state index in [1.807, 2.05) is 0 Å². The van der Waals surface area contributed by atoms with Gasteiger partial charge < -0.3 is 14.6 Å². The van der Waals surface area contributed by atoms with Gasteiger partial charge in [0, 0.05) is 47.5 Å². The van der Waals surface area contributed by atoms with Crippen LogP contribution in [-0.2, 0) is 19.6 Å². The van der Waals surface area contributed by atoms with E-state index in [2.05, 4.69) is 35.5 Å². The average Bonchev–Trinajstić information content (AvgIpc) is 3.84. The molecule has 0 unspecified atom stereocenters. The number of carbonyl (C=O) groups excluding carboxylic acids is 2. The molecule has 0 spiro atoms. The molecule has 6 rings (SSSR count). The minimum atomic E-state index is -3.27. The van der Waals surface area contributed by atoms with Gasteiger partial charge in [-0.05, 0) is 77.9 Å². The van der Waals surface area contributed by atoms with Crippen LogP contribution in [-0.4, -0.2) is 92.8 Å². The van der Waals surface area contributed by atoms with Crippen LogP contribution in [0.15, 0.2) is 54.9 Å². The second-order valence-electron chi connectivity index (χ2n) is 11.8. The molecule has 4 aromatic rings. The number of hydrogen-bond acceptors (Lipinski definition) is 9. The summed E-state index contributed by atoms with van der Waals surface area (Å²) in [7, 11) is -1.98. The van der Waals surface area contributed by atoms with Crippen LogP contribution in [0, 0.1) is 11.8 Å². The van der Waals surface area contributed by atoms with Crippen molar-refractivity contribution < 1.29 is 22.7 Å². The minimum absolute atomic E-state index is 0.119. The van der Waals surface area contributed by atoms with Gasteiger partial charge in [0.25, 0.3) is 0 Å². The number of methoxy groups -OCH3 is 1. The van der Waals surface area contributed by atoms with Gasteiger partial charge in [0.15, 0.2) is 5.15 Å². The van der Waals surface area contributed by atoms with E-state index in [-0.39, 0.29) is 22.9 Å². The minimum Gasteiger partial charge on any atom is -0.453 e. The summed E-state index contributed by atoms with van der Waals surface area (Å²) in [6.07, 6.45) is 7.33. The SMILES string of the molecule is COC(=O)Nc1ccc(-c2[nH]c([C@@H]3C[C@@H](C4CCN(S(C)(=O)=O)CC4)CN3C(=O)/C=C/c3cc(Cl)ccc3-n3cnnn3)nc2Cl)cc1. The number of amides is 2. The lowest BCUT2D eigenvalue weighted by Gasteiger charge is -2.33. The third kappa shape index (κ3) is 7.38. The molecule has 0 aliphatic carbocycles. The largest absolute Gasteiger partial charge is 0.453 e. The van der Waals surface area contributed by atoms with Crippen molar-refractivity contribution in [1.29, 1.82) is 0 Å². The van der Waals surface area contributed by atoms with E-state index < -0.39 is 22.2 Å². The quantitative estimate of drug-likeness (QED) is 0.243. The molecule has 2 aromatic carbocycles. The van der Waals surface area contributed by atoms with Crippen LogP contribution < -0.4 is 5.32 Å². The summed E-state index contributed by atoms with van der Waals surface area (Å²) in [6, 6.07) is 11.8. The molecular weight excluding hydrogens is 681 g/mol. The van der Waals surface area contributed by atoms with Crippen LogP contribution in [0.2, 0.25) is 10.2 Å². The Kier molecular flexibility index (Phi) is 9.83. The summed E-state index contributed by atoms with van der Waals surface area (Å²) < 4.78 is 31.9. The third-order valence-corrected chi connectivity index (χ3v) is 10.7. The highest BCUT2D eigenvalue weighted by Gasteiger charge is 2.42. The Bertz CT molecular complexity index is 1930. The van der Waals surface area contributed by atoms with Crippen LogP contribution in [0.4, 0.5) is 10.5 Å². The fourth-order valence-corrected chi connectivity index (χ4v) is 7.70. The van der Waals surface area contributed by atoms with E-state index in [1.54, 1.807) is 53.4 Å². The third-order valence-electron chi connectivity index (χ3n) is 8.84. The standard InChI is InChI=1S/C31H33Cl2N9O5S/c1-47-31(44)35-24-7-3-20(4-8-24)28-29(33)37-30(36-28)26-16-22(19-11-13-40(14-12-19)48(2,45)46)17-41(26)27(43)10-5-21-15-23(32)6-9-25(21)42-18-34-38-39-42/h3-10,15,18-19,22,26H,11-14,16-17H2,1-2H3,(H,35,44)(H,36,37)/b10-5+/t22-,26+/m1/s1. The molecule has 0 bridgehead atoms. The Morgan fingerprint density at radius 3 is 2.50 bits per heavy atom. The molecule has 252 valence electrons. The maximum atomic E-state index is 14.0. The molecule has 4 heterocycles. The van der Waals surface area contributed by atoms with E-state index >= 15 is 0 Å². The maximum absolute atomic E-state index is 14.0. The number of imidazole rings is 1. The van der Waals surface area contributed by atoms with Crippen molar-refractivity contribution in [2.24, 2.45) is 11.8 Å². The molecular formula is C31H33Cl2N9O5S. The molecule has 2 saturated heterocycles. The second kappa shape index (κ2) is 14.0. The molecule has 17 heteroatoms. The molecule has 2 aliphatic heterocycles. The number of H-pyrrole nitrogens is 1. The molecule has 2 N–H and O–H groups in total. The van der Waals surface area contributed by atoms with Gasteiger partial charge in [-0.25, -0.2) is 22.5 Å².